The van der Waals surface area contributed by atoms with Crippen LogP contribution in [0.4, 0.5) is 0 Å². The highest BCUT2D eigenvalue weighted by atomic mass is 128. The highest BCUT2D eigenvalue weighted by Crippen LogP contribution is 2.26. The van der Waals surface area contributed by atoms with E-state index in [4.69, 9.17) is 23.2 Å². The summed E-state index contributed by atoms with van der Waals surface area (Å²) in [6.45, 7) is 8.78. The molecule has 0 fully saturated rings. The Hall–Kier alpha value is 1.13. The molecule has 0 saturated heterocycles. The number of benzene rings is 2. The first-order chi connectivity index (χ1) is 13.5. The summed E-state index contributed by atoms with van der Waals surface area (Å²) in [5, 5.41) is 8.55. The fraction of sp³-hybridized carbons (Fsp3) is 0.455. The topological polar surface area (TPSA) is 24.1 Å². The van der Waals surface area contributed by atoms with E-state index in [1.54, 1.807) is 0 Å². The molecule has 7 heteroatoms. The lowest BCUT2D eigenvalue weighted by atomic mass is 9.96. The molecule has 1 unspecified atom stereocenters. The van der Waals surface area contributed by atoms with Gasteiger partial charge in [-0.1, -0.05) is 49.2 Å². The molecule has 2 aliphatic rings. The number of fused-ring (bicyclic) bond motifs is 2. The summed E-state index contributed by atoms with van der Waals surface area (Å²) in [6.07, 6.45) is 2.24. The van der Waals surface area contributed by atoms with Gasteiger partial charge in [0.25, 0.3) is 0 Å². The smallest absolute Gasteiger partial charge is 0.0409 e. The Balaban J connectivity index is 0.000000259. The molecule has 2 heterocycles. The van der Waals surface area contributed by atoms with Crippen LogP contribution in [0.1, 0.15) is 47.9 Å². The molecule has 0 aromatic heterocycles. The van der Waals surface area contributed by atoms with E-state index in [1.165, 1.54) is 22.3 Å². The monoisotopic (exact) mass is 772 g/mol. The van der Waals surface area contributed by atoms with Crippen LogP contribution < -0.4 is 10.6 Å². The van der Waals surface area contributed by atoms with Gasteiger partial charge in [0.1, 0.15) is 0 Å². The third kappa shape index (κ3) is 8.88. The minimum Gasteiger partial charge on any atom is -0.316 e. The summed E-state index contributed by atoms with van der Waals surface area (Å²) in [4.78, 5) is 0. The molecule has 2 aromatic rings. The van der Waals surface area contributed by atoms with Crippen LogP contribution >= 0.6 is 84.4 Å². The van der Waals surface area contributed by atoms with Crippen LogP contribution in [-0.4, -0.2) is 26.2 Å². The van der Waals surface area contributed by atoms with E-state index in [9.17, 15) is 0 Å². The Labute approximate surface area is 226 Å². The van der Waals surface area contributed by atoms with Crippen molar-refractivity contribution in [1.82, 2.24) is 10.6 Å². The molecule has 0 radical (unpaired) electrons. The minimum absolute atomic E-state index is 0. The van der Waals surface area contributed by atoms with E-state index in [1.807, 2.05) is 12.1 Å². The van der Waals surface area contributed by atoms with Gasteiger partial charge in [0.2, 0.25) is 0 Å². The molecule has 2 nitrogen and oxygen atoms in total. The fourth-order valence-electron chi connectivity index (χ4n) is 3.81. The van der Waals surface area contributed by atoms with Gasteiger partial charge in [0.05, 0.1) is 0 Å². The lowest BCUT2D eigenvalue weighted by Gasteiger charge is -2.11. The second kappa shape index (κ2) is 15.1. The van der Waals surface area contributed by atoms with Gasteiger partial charge in [-0.05, 0) is 84.3 Å². The summed E-state index contributed by atoms with van der Waals surface area (Å²) in [5.74, 6) is 1.16. The Morgan fingerprint density at radius 3 is 1.52 bits per heavy atom. The molecular formula is C22H29Cl2I3N2. The molecule has 2 aromatic carbocycles. The van der Waals surface area contributed by atoms with Crippen LogP contribution in [0, 0.1) is 0 Å². The quantitative estimate of drug-likeness (QED) is 0.270. The summed E-state index contributed by atoms with van der Waals surface area (Å²) in [6, 6.07) is 12.5. The molecule has 0 saturated carbocycles. The van der Waals surface area contributed by atoms with Crippen LogP contribution in [0.25, 0.3) is 0 Å². The van der Waals surface area contributed by atoms with E-state index in [2.05, 4.69) is 86.0 Å². The maximum Gasteiger partial charge on any atom is 0.0409 e. The first-order valence-electron chi connectivity index (χ1n) is 9.67. The second-order valence-corrected chi connectivity index (χ2v) is 8.27. The second-order valence-electron chi connectivity index (χ2n) is 7.40. The highest BCUT2D eigenvalue weighted by Gasteiger charge is 2.15. The summed E-state index contributed by atoms with van der Waals surface area (Å²) >= 11 is 16.2. The van der Waals surface area contributed by atoms with Gasteiger partial charge in [0, 0.05) is 60.4 Å². The molecule has 0 bridgehead atoms. The third-order valence-electron chi connectivity index (χ3n) is 5.32. The minimum atomic E-state index is 0. The van der Waals surface area contributed by atoms with Crippen molar-refractivity contribution in [3.05, 3.63) is 68.7 Å². The Bertz CT molecular complexity index is 695. The fourth-order valence-corrected chi connectivity index (χ4v) is 4.17. The molecule has 4 rings (SSSR count). The van der Waals surface area contributed by atoms with Crippen molar-refractivity contribution < 1.29 is 0 Å². The average molecular weight is 773 g/mol. The predicted octanol–water partition coefficient (Wildman–Crippen LogP) is 7.57. The molecule has 0 amide bonds. The molecule has 2 N–H and O–H groups in total. The molecule has 2 atom stereocenters. The lowest BCUT2D eigenvalue weighted by Crippen LogP contribution is -2.18. The van der Waals surface area contributed by atoms with E-state index >= 15 is 0 Å². The van der Waals surface area contributed by atoms with Crippen molar-refractivity contribution in [3.8, 4) is 0 Å². The van der Waals surface area contributed by atoms with E-state index in [-0.39, 0.29) is 24.0 Å². The maximum absolute atomic E-state index is 5.97. The van der Waals surface area contributed by atoms with Gasteiger partial charge < -0.3 is 10.6 Å². The van der Waals surface area contributed by atoms with Crippen molar-refractivity contribution in [2.75, 3.05) is 26.2 Å². The van der Waals surface area contributed by atoms with Gasteiger partial charge >= 0.3 is 0 Å². The van der Waals surface area contributed by atoms with Gasteiger partial charge in [-0.15, -0.1) is 24.0 Å². The maximum atomic E-state index is 5.97. The average Bonchev–Trinajstić information content (AvgIpc) is 3.00. The summed E-state index contributed by atoms with van der Waals surface area (Å²) < 4.78 is 0. The number of rotatable bonds is 0. The standard InChI is InChI=1S/2C11H14ClN.I2.HI/c2*1-8-7-13-5-4-9-2-3-10(12)6-11(8)9;1-2;/h2*2-3,6,8,13H,4-5,7H2,1H3;;1H/t8-;;;/m0.../s1. The number of hydrogen-bond donors (Lipinski definition) is 2. The Kier molecular flexibility index (Phi) is 14.6. The zero-order valence-electron chi connectivity index (χ0n) is 16.8. The van der Waals surface area contributed by atoms with Crippen LogP contribution in [0.2, 0.25) is 10.0 Å². The first kappa shape index (κ1) is 28.2. The van der Waals surface area contributed by atoms with Crippen LogP contribution in [0.5, 0.6) is 0 Å². The zero-order valence-corrected chi connectivity index (χ0v) is 24.9. The zero-order chi connectivity index (χ0) is 20.5. The molecule has 0 aliphatic carbocycles. The van der Waals surface area contributed by atoms with E-state index < -0.39 is 0 Å². The molecule has 29 heavy (non-hydrogen) atoms. The van der Waals surface area contributed by atoms with Crippen molar-refractivity contribution in [2.45, 2.75) is 38.5 Å². The Morgan fingerprint density at radius 1 is 0.759 bits per heavy atom. The van der Waals surface area contributed by atoms with Crippen molar-refractivity contribution in [2.24, 2.45) is 0 Å². The van der Waals surface area contributed by atoms with E-state index in [0.29, 0.717) is 11.8 Å². The third-order valence-corrected chi connectivity index (χ3v) is 5.79. The van der Waals surface area contributed by atoms with E-state index in [0.717, 1.165) is 49.1 Å². The lowest BCUT2D eigenvalue weighted by molar-refractivity contribution is 0.644. The molecule has 162 valence electrons. The normalized spacial score (nSPS) is 20.1. The molecule has 0 spiro atoms. The van der Waals surface area contributed by atoms with Crippen LogP contribution in [-0.2, 0) is 12.8 Å². The van der Waals surface area contributed by atoms with Gasteiger partial charge in [-0.3, -0.25) is 0 Å². The van der Waals surface area contributed by atoms with Crippen molar-refractivity contribution in [3.63, 3.8) is 0 Å². The van der Waals surface area contributed by atoms with Gasteiger partial charge in [-0.25, -0.2) is 0 Å². The summed E-state index contributed by atoms with van der Waals surface area (Å²) in [5.41, 5.74) is 5.72. The molecule has 2 aliphatic heterocycles. The van der Waals surface area contributed by atoms with Gasteiger partial charge in [-0.2, -0.15) is 0 Å². The number of hydrogen-bond acceptors (Lipinski definition) is 2. The highest BCUT2D eigenvalue weighted by molar-refractivity contribution is 15.0. The van der Waals surface area contributed by atoms with Crippen LogP contribution in [0.3, 0.4) is 0 Å². The SMILES string of the molecule is CC1CNCCc2ccc(Cl)cc21.C[C@H]1CNCCc2ccc(Cl)cc21.I.II. The van der Waals surface area contributed by atoms with Crippen LogP contribution in [0.15, 0.2) is 36.4 Å². The largest absolute Gasteiger partial charge is 0.316 e. The predicted molar refractivity (Wildman–Crippen MR) is 156 cm³/mol. The summed E-state index contributed by atoms with van der Waals surface area (Å²) in [7, 11) is 0. The number of halogens is 5. The first-order valence-corrected chi connectivity index (χ1v) is 16.7. The number of nitrogens with one attached hydrogen (secondary N) is 2. The van der Waals surface area contributed by atoms with Gasteiger partial charge in [0.15, 0.2) is 0 Å². The van der Waals surface area contributed by atoms with Crippen molar-refractivity contribution in [1.29, 1.82) is 0 Å². The molecular weight excluding hydrogens is 744 g/mol. The Morgan fingerprint density at radius 2 is 1.14 bits per heavy atom. The van der Waals surface area contributed by atoms with Crippen molar-refractivity contribution >= 4 is 84.4 Å².